The Hall–Kier alpha value is -1.04. The Labute approximate surface area is 66.8 Å². The molecule has 3 nitrogen and oxygen atoms in total. The molecule has 0 atom stereocenters. The molecule has 0 saturated carbocycles. The van der Waals surface area contributed by atoms with Crippen molar-refractivity contribution in [1.29, 1.82) is 0 Å². The van der Waals surface area contributed by atoms with Crippen LogP contribution in [0.4, 0.5) is 13.2 Å². The van der Waals surface area contributed by atoms with Crippen LogP contribution in [0.25, 0.3) is 0 Å². The zero-order valence-electron chi connectivity index (χ0n) is 6.15. The fraction of sp³-hybridized carbons (Fsp3) is 0.500. The van der Waals surface area contributed by atoms with Crippen LogP contribution in [-0.4, -0.2) is 16.7 Å². The van der Waals surface area contributed by atoms with Gasteiger partial charge in [-0.25, -0.2) is 0 Å². The average Bonchev–Trinajstić information content (AvgIpc) is 2.34. The topological polar surface area (TPSA) is 54.7 Å². The predicted octanol–water partition coefficient (Wildman–Crippen LogP) is 0.930. The third-order valence-corrected chi connectivity index (χ3v) is 1.42. The van der Waals surface area contributed by atoms with Crippen LogP contribution in [0, 0.1) is 0 Å². The van der Waals surface area contributed by atoms with Crippen molar-refractivity contribution in [1.82, 2.24) is 10.2 Å². The Bertz CT molecular complexity index is 253. The summed E-state index contributed by atoms with van der Waals surface area (Å²) in [4.78, 5) is 0. The third kappa shape index (κ3) is 1.76. The molecule has 0 unspecified atom stereocenters. The Balaban J connectivity index is 2.91. The van der Waals surface area contributed by atoms with Crippen molar-refractivity contribution in [3.63, 3.8) is 0 Å². The highest BCUT2D eigenvalue weighted by Gasteiger charge is 2.34. The van der Waals surface area contributed by atoms with Crippen molar-refractivity contribution in [2.24, 2.45) is 5.73 Å². The molecule has 0 saturated heterocycles. The third-order valence-electron chi connectivity index (χ3n) is 1.42. The highest BCUT2D eigenvalue weighted by Crippen LogP contribution is 2.30. The van der Waals surface area contributed by atoms with E-state index in [1.165, 1.54) is 0 Å². The summed E-state index contributed by atoms with van der Waals surface area (Å²) in [5, 5.41) is 5.57. The van der Waals surface area contributed by atoms with Gasteiger partial charge >= 0.3 is 6.18 Å². The van der Waals surface area contributed by atoms with Crippen LogP contribution in [-0.2, 0) is 12.6 Å². The lowest BCUT2D eigenvalue weighted by molar-refractivity contribution is -0.138. The highest BCUT2D eigenvalue weighted by molar-refractivity contribution is 5.19. The molecule has 1 aromatic rings. The number of rotatable bonds is 2. The zero-order chi connectivity index (χ0) is 9.19. The number of halogens is 3. The first-order chi connectivity index (χ1) is 5.55. The molecule has 1 aromatic heterocycles. The molecule has 0 aromatic carbocycles. The molecule has 12 heavy (non-hydrogen) atoms. The number of aromatic nitrogens is 2. The number of nitrogens with two attached hydrogens (primary N) is 1. The van der Waals surface area contributed by atoms with E-state index < -0.39 is 11.7 Å². The SMILES string of the molecule is NCCc1[nH]ncc1C(F)(F)F. The molecule has 6 heteroatoms. The standard InChI is InChI=1S/C6H8F3N3/c7-6(8,9)4-3-11-12-5(4)1-2-10/h3H,1-2,10H2,(H,11,12). The first-order valence-electron chi connectivity index (χ1n) is 3.35. The van der Waals surface area contributed by atoms with Crippen molar-refractivity contribution < 1.29 is 13.2 Å². The quantitative estimate of drug-likeness (QED) is 0.709. The van der Waals surface area contributed by atoms with Crippen molar-refractivity contribution in [2.45, 2.75) is 12.6 Å². The highest BCUT2D eigenvalue weighted by atomic mass is 19.4. The molecule has 0 amide bonds. The summed E-state index contributed by atoms with van der Waals surface area (Å²) in [5.74, 6) is 0. The van der Waals surface area contributed by atoms with E-state index >= 15 is 0 Å². The minimum absolute atomic E-state index is 0.0463. The second-order valence-electron chi connectivity index (χ2n) is 2.30. The van der Waals surface area contributed by atoms with E-state index in [2.05, 4.69) is 10.2 Å². The Morgan fingerprint density at radius 3 is 2.67 bits per heavy atom. The van der Waals surface area contributed by atoms with Crippen molar-refractivity contribution >= 4 is 0 Å². The molecular weight excluding hydrogens is 171 g/mol. The van der Waals surface area contributed by atoms with Crippen LogP contribution in [0.5, 0.6) is 0 Å². The van der Waals surface area contributed by atoms with Gasteiger partial charge in [0.2, 0.25) is 0 Å². The van der Waals surface area contributed by atoms with Gasteiger partial charge < -0.3 is 5.73 Å². The largest absolute Gasteiger partial charge is 0.419 e. The first-order valence-corrected chi connectivity index (χ1v) is 3.35. The predicted molar refractivity (Wildman–Crippen MR) is 36.3 cm³/mol. The molecule has 1 rings (SSSR count). The van der Waals surface area contributed by atoms with Crippen molar-refractivity contribution in [3.8, 4) is 0 Å². The van der Waals surface area contributed by atoms with Gasteiger partial charge in [-0.2, -0.15) is 18.3 Å². The molecule has 1 heterocycles. The van der Waals surface area contributed by atoms with Gasteiger partial charge in [0.05, 0.1) is 11.8 Å². The van der Waals surface area contributed by atoms with E-state index in [-0.39, 0.29) is 18.7 Å². The van der Waals surface area contributed by atoms with Crippen LogP contribution in [0.1, 0.15) is 11.3 Å². The summed E-state index contributed by atoms with van der Waals surface area (Å²) < 4.78 is 36.3. The van der Waals surface area contributed by atoms with E-state index in [4.69, 9.17) is 5.73 Å². The molecule has 68 valence electrons. The van der Waals surface area contributed by atoms with Gasteiger partial charge in [0.25, 0.3) is 0 Å². The van der Waals surface area contributed by atoms with Gasteiger partial charge in [-0.05, 0) is 6.54 Å². The van der Waals surface area contributed by atoms with E-state index in [9.17, 15) is 13.2 Å². The fourth-order valence-electron chi connectivity index (χ4n) is 0.892. The maximum atomic E-state index is 12.1. The number of hydrogen-bond donors (Lipinski definition) is 2. The molecule has 0 aliphatic rings. The number of H-pyrrole nitrogens is 1. The molecule has 0 bridgehead atoms. The van der Waals surface area contributed by atoms with Crippen LogP contribution >= 0.6 is 0 Å². The second-order valence-corrected chi connectivity index (χ2v) is 2.30. The van der Waals surface area contributed by atoms with Gasteiger partial charge in [0.15, 0.2) is 0 Å². The molecule has 0 aliphatic heterocycles. The van der Waals surface area contributed by atoms with E-state index in [1.807, 2.05) is 0 Å². The van der Waals surface area contributed by atoms with Crippen LogP contribution in [0.2, 0.25) is 0 Å². The maximum Gasteiger partial charge on any atom is 0.419 e. The van der Waals surface area contributed by atoms with E-state index in [0.29, 0.717) is 0 Å². The van der Waals surface area contributed by atoms with E-state index in [1.54, 1.807) is 0 Å². The first kappa shape index (κ1) is 9.05. The van der Waals surface area contributed by atoms with Gasteiger partial charge in [-0.15, -0.1) is 0 Å². The second kappa shape index (κ2) is 3.14. The minimum Gasteiger partial charge on any atom is -0.330 e. The van der Waals surface area contributed by atoms with Crippen LogP contribution in [0.15, 0.2) is 6.20 Å². The van der Waals surface area contributed by atoms with Crippen LogP contribution < -0.4 is 5.73 Å². The maximum absolute atomic E-state index is 12.1. The summed E-state index contributed by atoms with van der Waals surface area (Å²) in [7, 11) is 0. The van der Waals surface area contributed by atoms with Crippen molar-refractivity contribution in [3.05, 3.63) is 17.5 Å². The number of alkyl halides is 3. The number of hydrogen-bond acceptors (Lipinski definition) is 2. The Morgan fingerprint density at radius 1 is 1.50 bits per heavy atom. The summed E-state index contributed by atoms with van der Waals surface area (Å²) in [6.45, 7) is 0.172. The van der Waals surface area contributed by atoms with Gasteiger partial charge in [-0.3, -0.25) is 5.10 Å². The Morgan fingerprint density at radius 2 is 2.17 bits per heavy atom. The lowest BCUT2D eigenvalue weighted by atomic mass is 10.2. The summed E-state index contributed by atoms with van der Waals surface area (Å²) >= 11 is 0. The lowest BCUT2D eigenvalue weighted by Gasteiger charge is -2.04. The molecule has 0 aliphatic carbocycles. The Kier molecular flexibility index (Phi) is 2.37. The summed E-state index contributed by atoms with van der Waals surface area (Å²) in [5.41, 5.74) is 4.43. The van der Waals surface area contributed by atoms with E-state index in [0.717, 1.165) is 6.20 Å². The summed E-state index contributed by atoms with van der Waals surface area (Å²) in [6, 6.07) is 0. The number of nitrogens with zero attached hydrogens (tertiary/aromatic N) is 1. The average molecular weight is 179 g/mol. The van der Waals surface area contributed by atoms with Gasteiger partial charge in [0, 0.05) is 12.1 Å². The molecule has 0 fully saturated rings. The number of nitrogens with one attached hydrogen (secondary N) is 1. The normalized spacial score (nSPS) is 12.0. The minimum atomic E-state index is -4.34. The number of aromatic amines is 1. The van der Waals surface area contributed by atoms with Gasteiger partial charge in [0.1, 0.15) is 0 Å². The van der Waals surface area contributed by atoms with Crippen molar-refractivity contribution in [2.75, 3.05) is 6.54 Å². The fourth-order valence-corrected chi connectivity index (χ4v) is 0.892. The summed E-state index contributed by atoms with van der Waals surface area (Å²) in [6.07, 6.45) is -3.41. The zero-order valence-corrected chi connectivity index (χ0v) is 6.15. The lowest BCUT2D eigenvalue weighted by Crippen LogP contribution is -2.11. The molecular formula is C6H8F3N3. The molecule has 3 N–H and O–H groups in total. The molecule has 0 radical (unpaired) electrons. The van der Waals surface area contributed by atoms with Gasteiger partial charge in [-0.1, -0.05) is 0 Å². The smallest absolute Gasteiger partial charge is 0.330 e. The van der Waals surface area contributed by atoms with Crippen LogP contribution in [0.3, 0.4) is 0 Å². The monoisotopic (exact) mass is 179 g/mol. The molecule has 0 spiro atoms.